The topological polar surface area (TPSA) is 109 Å². The van der Waals surface area contributed by atoms with E-state index in [4.69, 9.17) is 9.94 Å². The van der Waals surface area contributed by atoms with Gasteiger partial charge in [0.25, 0.3) is 0 Å². The number of carbonyl (C=O) groups excluding carboxylic acids is 2. The lowest BCUT2D eigenvalue weighted by Gasteiger charge is -2.14. The van der Waals surface area contributed by atoms with Crippen molar-refractivity contribution < 1.29 is 23.9 Å². The number of hydrogen-bond donors (Lipinski definition) is 2. The van der Waals surface area contributed by atoms with Gasteiger partial charge in [-0.05, 0) is 24.3 Å². The minimum Gasteiger partial charge on any atom is -0.442 e. The Hall–Kier alpha value is -3.43. The van der Waals surface area contributed by atoms with Crippen LogP contribution in [0.25, 0.3) is 5.69 Å². The molecule has 1 aliphatic heterocycles. The molecule has 3 rings (SSSR count). The van der Waals surface area contributed by atoms with Gasteiger partial charge in [-0.15, -0.1) is 0 Å². The number of oxime groups is 1. The van der Waals surface area contributed by atoms with Crippen LogP contribution < -0.4 is 10.2 Å². The summed E-state index contributed by atoms with van der Waals surface area (Å²) < 4.78 is 20.9. The Balaban J connectivity index is 1.76. The molecule has 26 heavy (non-hydrogen) atoms. The number of hydrogen-bond acceptors (Lipinski definition) is 6. The Kier molecular flexibility index (Phi) is 4.83. The number of nitrogens with one attached hydrogen (secondary N) is 1. The van der Waals surface area contributed by atoms with Crippen molar-refractivity contribution >= 4 is 23.9 Å². The van der Waals surface area contributed by atoms with Crippen molar-refractivity contribution in [3.63, 3.8) is 0 Å². The number of cyclic esters (lactones) is 1. The summed E-state index contributed by atoms with van der Waals surface area (Å²) >= 11 is 0. The molecule has 0 bridgehead atoms. The maximum Gasteiger partial charge on any atom is 0.414 e. The summed E-state index contributed by atoms with van der Waals surface area (Å²) in [7, 11) is 0. The Morgan fingerprint density at radius 1 is 1.54 bits per heavy atom. The minimum absolute atomic E-state index is 0.175. The van der Waals surface area contributed by atoms with Crippen LogP contribution in [0.3, 0.4) is 0 Å². The molecule has 2 aromatic rings. The fourth-order valence-electron chi connectivity index (χ4n) is 2.55. The van der Waals surface area contributed by atoms with Crippen molar-refractivity contribution in [3.8, 4) is 5.69 Å². The van der Waals surface area contributed by atoms with Crippen LogP contribution in [0.1, 0.15) is 12.6 Å². The van der Waals surface area contributed by atoms with Gasteiger partial charge in [0.05, 0.1) is 25.0 Å². The zero-order valence-electron chi connectivity index (χ0n) is 13.8. The molecule has 136 valence electrons. The summed E-state index contributed by atoms with van der Waals surface area (Å²) in [5, 5.41) is 18.0. The molecule has 9 nitrogen and oxygen atoms in total. The van der Waals surface area contributed by atoms with Gasteiger partial charge in [0, 0.05) is 13.1 Å². The summed E-state index contributed by atoms with van der Waals surface area (Å²) in [6, 6.07) is 5.81. The lowest BCUT2D eigenvalue weighted by molar-refractivity contribution is -0.119. The van der Waals surface area contributed by atoms with E-state index in [9.17, 15) is 14.0 Å². The predicted molar refractivity (Wildman–Crippen MR) is 89.2 cm³/mol. The largest absolute Gasteiger partial charge is 0.442 e. The van der Waals surface area contributed by atoms with E-state index in [2.05, 4.69) is 15.6 Å². The molecule has 2 heterocycles. The third kappa shape index (κ3) is 3.63. The van der Waals surface area contributed by atoms with Gasteiger partial charge in [0.15, 0.2) is 5.82 Å². The van der Waals surface area contributed by atoms with Crippen molar-refractivity contribution in [2.75, 3.05) is 18.0 Å². The molecule has 0 unspecified atom stereocenters. The van der Waals surface area contributed by atoms with Gasteiger partial charge in [0.2, 0.25) is 5.91 Å². The van der Waals surface area contributed by atoms with E-state index in [1.54, 1.807) is 12.1 Å². The molecule has 1 aromatic carbocycles. The van der Waals surface area contributed by atoms with E-state index in [1.165, 1.54) is 34.8 Å². The van der Waals surface area contributed by atoms with Gasteiger partial charge in [-0.1, -0.05) is 5.16 Å². The molecular weight excluding hydrogens is 345 g/mol. The summed E-state index contributed by atoms with van der Waals surface area (Å²) in [5.41, 5.74) is 0.875. The van der Waals surface area contributed by atoms with Gasteiger partial charge >= 0.3 is 6.09 Å². The van der Waals surface area contributed by atoms with Crippen LogP contribution in [0.5, 0.6) is 0 Å². The lowest BCUT2D eigenvalue weighted by atomic mass is 10.2. The first-order valence-corrected chi connectivity index (χ1v) is 7.73. The highest BCUT2D eigenvalue weighted by atomic mass is 19.1. The Labute approximate surface area is 147 Å². The summed E-state index contributed by atoms with van der Waals surface area (Å²) in [4.78, 5) is 24.2. The standard InChI is InChI=1S/C16H16FN5O4/c1-10(23)18-8-13-9-21(16(24)26-13)12-2-3-15(14(17)6-12)22-5-4-11(20-22)7-19-25/h2-7,13,25H,8-9H2,1H3,(H,18,23)/b19-7-/t13-/m0/s1. The fraction of sp³-hybridized carbons (Fsp3) is 0.250. The number of amides is 2. The van der Waals surface area contributed by atoms with Crippen LogP contribution in [-0.2, 0) is 9.53 Å². The van der Waals surface area contributed by atoms with Crippen molar-refractivity contribution in [3.05, 3.63) is 42.0 Å². The van der Waals surface area contributed by atoms with E-state index >= 15 is 0 Å². The molecule has 1 aromatic heterocycles. The average molecular weight is 361 g/mol. The van der Waals surface area contributed by atoms with Gasteiger partial charge in [-0.3, -0.25) is 9.69 Å². The molecule has 1 aliphatic rings. The lowest BCUT2D eigenvalue weighted by Crippen LogP contribution is -2.33. The smallest absolute Gasteiger partial charge is 0.414 e. The second kappa shape index (κ2) is 7.21. The maximum atomic E-state index is 14.5. The molecule has 2 N–H and O–H groups in total. The molecule has 10 heteroatoms. The van der Waals surface area contributed by atoms with Gasteiger partial charge in [-0.25, -0.2) is 13.9 Å². The number of ether oxygens (including phenoxy) is 1. The number of carbonyl (C=O) groups is 2. The highest BCUT2D eigenvalue weighted by Gasteiger charge is 2.32. The minimum atomic E-state index is -0.604. The first-order chi connectivity index (χ1) is 12.5. The first kappa shape index (κ1) is 17.4. The number of benzene rings is 1. The number of anilines is 1. The number of halogens is 1. The average Bonchev–Trinajstić information content (AvgIpc) is 3.20. The molecule has 1 fully saturated rings. The zero-order chi connectivity index (χ0) is 18.7. The Morgan fingerprint density at radius 2 is 2.35 bits per heavy atom. The molecule has 0 radical (unpaired) electrons. The third-order valence-corrected chi connectivity index (χ3v) is 3.74. The Morgan fingerprint density at radius 3 is 3.04 bits per heavy atom. The van der Waals surface area contributed by atoms with Crippen molar-refractivity contribution in [2.24, 2.45) is 5.16 Å². The van der Waals surface area contributed by atoms with E-state index in [1.807, 2.05) is 0 Å². The molecule has 0 spiro atoms. The first-order valence-electron chi connectivity index (χ1n) is 7.73. The second-order valence-corrected chi connectivity index (χ2v) is 5.62. The molecule has 0 aliphatic carbocycles. The van der Waals surface area contributed by atoms with E-state index in [0.29, 0.717) is 11.4 Å². The SMILES string of the molecule is CC(=O)NC[C@H]1CN(c2ccc(-n3ccc(/C=N\O)n3)c(F)c2)C(=O)O1. The monoisotopic (exact) mass is 361 g/mol. The summed E-state index contributed by atoms with van der Waals surface area (Å²) in [5.74, 6) is -0.809. The molecule has 2 amide bonds. The van der Waals surface area contributed by atoms with Crippen LogP contribution >= 0.6 is 0 Å². The summed E-state index contributed by atoms with van der Waals surface area (Å²) in [6.45, 7) is 1.77. The fourth-order valence-corrected chi connectivity index (χ4v) is 2.55. The van der Waals surface area contributed by atoms with Crippen molar-refractivity contribution in [2.45, 2.75) is 13.0 Å². The van der Waals surface area contributed by atoms with Crippen molar-refractivity contribution in [1.82, 2.24) is 15.1 Å². The third-order valence-electron chi connectivity index (χ3n) is 3.74. The van der Waals surface area contributed by atoms with Crippen molar-refractivity contribution in [1.29, 1.82) is 0 Å². The van der Waals surface area contributed by atoms with Crippen LogP contribution in [0.4, 0.5) is 14.9 Å². The van der Waals surface area contributed by atoms with Crippen LogP contribution in [0, 0.1) is 5.82 Å². The number of rotatable bonds is 5. The van der Waals surface area contributed by atoms with Crippen LogP contribution in [-0.4, -0.2) is 52.4 Å². The Bertz CT molecular complexity index is 866. The number of nitrogens with zero attached hydrogens (tertiary/aromatic N) is 4. The van der Waals surface area contributed by atoms with Gasteiger partial charge in [0.1, 0.15) is 17.5 Å². The predicted octanol–water partition coefficient (Wildman–Crippen LogP) is 1.28. The summed E-state index contributed by atoms with van der Waals surface area (Å²) in [6.07, 6.45) is 1.54. The zero-order valence-corrected chi connectivity index (χ0v) is 13.8. The maximum absolute atomic E-state index is 14.5. The second-order valence-electron chi connectivity index (χ2n) is 5.62. The quantitative estimate of drug-likeness (QED) is 0.474. The van der Waals surface area contributed by atoms with E-state index in [-0.39, 0.29) is 24.7 Å². The highest BCUT2D eigenvalue weighted by Crippen LogP contribution is 2.25. The molecule has 0 saturated carbocycles. The van der Waals surface area contributed by atoms with E-state index < -0.39 is 18.0 Å². The van der Waals surface area contributed by atoms with Gasteiger partial charge in [-0.2, -0.15) is 5.10 Å². The normalized spacial score (nSPS) is 16.9. The molecular formula is C16H16FN5O4. The van der Waals surface area contributed by atoms with Crippen LogP contribution in [0.2, 0.25) is 0 Å². The van der Waals surface area contributed by atoms with Crippen LogP contribution in [0.15, 0.2) is 35.6 Å². The van der Waals surface area contributed by atoms with E-state index in [0.717, 1.165) is 6.21 Å². The highest BCUT2D eigenvalue weighted by molar-refractivity contribution is 5.90. The number of aromatic nitrogens is 2. The van der Waals surface area contributed by atoms with Gasteiger partial charge < -0.3 is 15.3 Å². The molecule has 1 atom stereocenters. The molecule has 1 saturated heterocycles.